The summed E-state index contributed by atoms with van der Waals surface area (Å²) in [7, 11) is -1.98. The largest absolute Gasteiger partial charge is 0.466 e. The van der Waals surface area contributed by atoms with Crippen LogP contribution in [-0.4, -0.2) is 33.2 Å². The Morgan fingerprint density at radius 1 is 0.905 bits per heavy atom. The van der Waals surface area contributed by atoms with E-state index in [9.17, 15) is 0 Å². The highest BCUT2D eigenvalue weighted by molar-refractivity contribution is 6.74. The fraction of sp³-hybridized carbons (Fsp3) is 1.00. The summed E-state index contributed by atoms with van der Waals surface area (Å²) in [5, 5.41) is 0.0551. The summed E-state index contributed by atoms with van der Waals surface area (Å²) in [5.41, 5.74) is -0.572. The van der Waals surface area contributed by atoms with Gasteiger partial charge in [-0.3, -0.25) is 0 Å². The molecule has 0 N–H and O–H groups in total. The van der Waals surface area contributed by atoms with Gasteiger partial charge in [0.2, 0.25) is 0 Å². The molecule has 0 aromatic carbocycles. The lowest BCUT2D eigenvalue weighted by molar-refractivity contribution is 0.00578. The Balaban J connectivity index is 2.76. The Kier molecular flexibility index (Phi) is 4.90. The molecule has 21 heavy (non-hydrogen) atoms. The maximum atomic E-state index is 6.39. The second kappa shape index (κ2) is 5.36. The maximum Gasteiger partial charge on any atom is 0.466 e. The standard InChI is InChI=1S/C16H35BO3Si/c1-13(2,3)21(10,11)18-12-14(4,5)17-19-15(6,7)16(8,9)20-17/h12H2,1-11H3. The molecule has 1 fully saturated rings. The maximum absolute atomic E-state index is 6.39. The lowest BCUT2D eigenvalue weighted by Crippen LogP contribution is -2.45. The van der Waals surface area contributed by atoms with E-state index in [1.165, 1.54) is 0 Å². The van der Waals surface area contributed by atoms with Gasteiger partial charge in [-0.05, 0) is 45.8 Å². The zero-order chi connectivity index (χ0) is 16.9. The molecule has 0 spiro atoms. The summed E-state index contributed by atoms with van der Waals surface area (Å²) in [6, 6.07) is 0. The van der Waals surface area contributed by atoms with Crippen LogP contribution in [0.1, 0.15) is 62.3 Å². The highest BCUT2D eigenvalue weighted by Crippen LogP contribution is 2.46. The van der Waals surface area contributed by atoms with Crippen molar-refractivity contribution in [3.63, 3.8) is 0 Å². The molecule has 124 valence electrons. The van der Waals surface area contributed by atoms with E-state index in [0.29, 0.717) is 6.61 Å². The van der Waals surface area contributed by atoms with E-state index in [1.54, 1.807) is 0 Å². The molecule has 0 radical (unpaired) electrons. The average Bonchev–Trinajstić information content (AvgIpc) is 2.45. The monoisotopic (exact) mass is 314 g/mol. The summed E-state index contributed by atoms with van der Waals surface area (Å²) >= 11 is 0. The van der Waals surface area contributed by atoms with Gasteiger partial charge in [0.1, 0.15) is 0 Å². The number of hydrogen-bond acceptors (Lipinski definition) is 3. The average molecular weight is 314 g/mol. The molecule has 1 rings (SSSR count). The molecular formula is C16H35BO3Si. The second-order valence-corrected chi connectivity index (χ2v) is 14.4. The van der Waals surface area contributed by atoms with E-state index in [2.05, 4.69) is 75.4 Å². The highest BCUT2D eigenvalue weighted by atomic mass is 28.4. The Morgan fingerprint density at radius 2 is 1.29 bits per heavy atom. The zero-order valence-corrected chi connectivity index (χ0v) is 17.0. The van der Waals surface area contributed by atoms with Gasteiger partial charge in [0, 0.05) is 11.9 Å². The highest BCUT2D eigenvalue weighted by Gasteiger charge is 2.56. The number of hydrogen-bond donors (Lipinski definition) is 0. The van der Waals surface area contributed by atoms with Gasteiger partial charge in [-0.1, -0.05) is 34.6 Å². The molecule has 1 aliphatic heterocycles. The zero-order valence-electron chi connectivity index (χ0n) is 16.0. The third kappa shape index (κ3) is 3.93. The van der Waals surface area contributed by atoms with Gasteiger partial charge >= 0.3 is 7.12 Å². The minimum atomic E-state index is -1.75. The molecular weight excluding hydrogens is 279 g/mol. The van der Waals surface area contributed by atoms with Gasteiger partial charge in [0.25, 0.3) is 0 Å². The van der Waals surface area contributed by atoms with Crippen molar-refractivity contribution >= 4 is 15.4 Å². The van der Waals surface area contributed by atoms with Crippen LogP contribution >= 0.6 is 0 Å². The van der Waals surface area contributed by atoms with Crippen molar-refractivity contribution in [2.45, 2.75) is 97.0 Å². The molecule has 0 saturated carbocycles. The van der Waals surface area contributed by atoms with Crippen LogP contribution < -0.4 is 0 Å². The predicted octanol–water partition coefficient (Wildman–Crippen LogP) is 4.88. The number of rotatable bonds is 4. The van der Waals surface area contributed by atoms with Gasteiger partial charge in [-0.15, -0.1) is 0 Å². The SMILES string of the molecule is CC(C)(CO[Si](C)(C)C(C)(C)C)B1OC(C)(C)C(C)(C)O1. The van der Waals surface area contributed by atoms with E-state index in [4.69, 9.17) is 13.7 Å². The summed E-state index contributed by atoms with van der Waals surface area (Å²) in [4.78, 5) is 0. The van der Waals surface area contributed by atoms with Crippen LogP contribution in [0.25, 0.3) is 0 Å². The second-order valence-electron chi connectivity index (χ2n) is 9.63. The summed E-state index contributed by atoms with van der Waals surface area (Å²) in [6.45, 7) is 24.7. The summed E-state index contributed by atoms with van der Waals surface area (Å²) in [5.74, 6) is 0. The van der Waals surface area contributed by atoms with E-state index in [0.717, 1.165) is 0 Å². The van der Waals surface area contributed by atoms with E-state index < -0.39 is 8.32 Å². The summed E-state index contributed by atoms with van der Waals surface area (Å²) < 4.78 is 18.8. The quantitative estimate of drug-likeness (QED) is 0.692. The smallest absolute Gasteiger partial charge is 0.417 e. The Morgan fingerprint density at radius 3 is 1.62 bits per heavy atom. The first-order chi connectivity index (χ1) is 9.02. The molecule has 1 saturated heterocycles. The van der Waals surface area contributed by atoms with Crippen LogP contribution in [-0.2, 0) is 13.7 Å². The minimum absolute atomic E-state index is 0.166. The third-order valence-electron chi connectivity index (χ3n) is 5.50. The molecule has 0 aliphatic carbocycles. The predicted molar refractivity (Wildman–Crippen MR) is 93.3 cm³/mol. The first kappa shape index (κ1) is 19.2. The molecule has 0 unspecified atom stereocenters. The Hall–Kier alpha value is 0.162. The molecule has 5 heteroatoms. The third-order valence-corrected chi connectivity index (χ3v) is 9.98. The van der Waals surface area contributed by atoms with Crippen molar-refractivity contribution in [1.29, 1.82) is 0 Å². The van der Waals surface area contributed by atoms with Crippen LogP contribution in [0.2, 0.25) is 23.4 Å². The van der Waals surface area contributed by atoms with Crippen LogP contribution in [0.3, 0.4) is 0 Å². The van der Waals surface area contributed by atoms with Gasteiger partial charge in [-0.25, -0.2) is 0 Å². The van der Waals surface area contributed by atoms with Crippen molar-refractivity contribution in [1.82, 2.24) is 0 Å². The Bertz CT molecular complexity index is 367. The van der Waals surface area contributed by atoms with Crippen LogP contribution in [0.5, 0.6) is 0 Å². The van der Waals surface area contributed by atoms with E-state index in [-0.39, 0.29) is 28.7 Å². The molecule has 0 aromatic heterocycles. The summed E-state index contributed by atoms with van der Waals surface area (Å²) in [6.07, 6.45) is 0. The topological polar surface area (TPSA) is 27.7 Å². The molecule has 1 aliphatic rings. The first-order valence-electron chi connectivity index (χ1n) is 8.01. The van der Waals surface area contributed by atoms with Crippen molar-refractivity contribution in [2.24, 2.45) is 0 Å². The van der Waals surface area contributed by atoms with Gasteiger partial charge < -0.3 is 13.7 Å². The lowest BCUT2D eigenvalue weighted by Gasteiger charge is -2.39. The molecule has 0 amide bonds. The van der Waals surface area contributed by atoms with Gasteiger partial charge in [0.15, 0.2) is 8.32 Å². The van der Waals surface area contributed by atoms with Gasteiger partial charge in [0.05, 0.1) is 11.2 Å². The van der Waals surface area contributed by atoms with Crippen molar-refractivity contribution in [2.75, 3.05) is 6.61 Å². The van der Waals surface area contributed by atoms with Crippen LogP contribution in [0, 0.1) is 0 Å². The van der Waals surface area contributed by atoms with Crippen molar-refractivity contribution in [3.05, 3.63) is 0 Å². The van der Waals surface area contributed by atoms with Crippen molar-refractivity contribution < 1.29 is 13.7 Å². The minimum Gasteiger partial charge on any atom is -0.417 e. The molecule has 3 nitrogen and oxygen atoms in total. The molecule has 0 aromatic rings. The Labute approximate surface area is 133 Å². The first-order valence-corrected chi connectivity index (χ1v) is 10.9. The van der Waals surface area contributed by atoms with E-state index in [1.807, 2.05) is 0 Å². The van der Waals surface area contributed by atoms with Crippen molar-refractivity contribution in [3.8, 4) is 0 Å². The van der Waals surface area contributed by atoms with E-state index >= 15 is 0 Å². The normalized spacial score (nSPS) is 22.7. The van der Waals surface area contributed by atoms with Gasteiger partial charge in [-0.2, -0.15) is 0 Å². The lowest BCUT2D eigenvalue weighted by atomic mass is 9.60. The fourth-order valence-corrected chi connectivity index (χ4v) is 2.98. The molecule has 1 heterocycles. The molecule has 0 bridgehead atoms. The van der Waals surface area contributed by atoms with Crippen LogP contribution in [0.15, 0.2) is 0 Å². The fourth-order valence-electron chi connectivity index (χ4n) is 1.81. The molecule has 0 atom stereocenters. The van der Waals surface area contributed by atoms with Crippen LogP contribution in [0.4, 0.5) is 0 Å².